The van der Waals surface area contributed by atoms with Gasteiger partial charge in [-0.1, -0.05) is 0 Å². The SMILES string of the molecule is CC#CCCN1C(=O)C(C2CC2)NC(=O)C1C. The van der Waals surface area contributed by atoms with Crippen molar-refractivity contribution in [3.05, 3.63) is 0 Å². The van der Waals surface area contributed by atoms with Crippen LogP contribution >= 0.6 is 0 Å². The van der Waals surface area contributed by atoms with Crippen molar-refractivity contribution >= 4 is 11.8 Å². The van der Waals surface area contributed by atoms with E-state index in [4.69, 9.17) is 0 Å². The molecule has 4 nitrogen and oxygen atoms in total. The number of nitrogens with one attached hydrogen (secondary N) is 1. The summed E-state index contributed by atoms with van der Waals surface area (Å²) >= 11 is 0. The van der Waals surface area contributed by atoms with E-state index in [9.17, 15) is 9.59 Å². The fourth-order valence-corrected chi connectivity index (χ4v) is 2.20. The lowest BCUT2D eigenvalue weighted by Gasteiger charge is -2.37. The third-order valence-corrected chi connectivity index (χ3v) is 3.44. The van der Waals surface area contributed by atoms with Gasteiger partial charge in [-0.05, 0) is 32.6 Å². The van der Waals surface area contributed by atoms with Crippen LogP contribution in [0.25, 0.3) is 0 Å². The van der Waals surface area contributed by atoms with E-state index >= 15 is 0 Å². The molecule has 1 heterocycles. The predicted molar refractivity (Wildman–Crippen MR) is 63.9 cm³/mol. The van der Waals surface area contributed by atoms with Crippen molar-refractivity contribution in [3.63, 3.8) is 0 Å². The second-order valence-corrected chi connectivity index (χ2v) is 4.71. The van der Waals surface area contributed by atoms with Gasteiger partial charge >= 0.3 is 0 Å². The van der Waals surface area contributed by atoms with E-state index < -0.39 is 0 Å². The van der Waals surface area contributed by atoms with Gasteiger partial charge in [-0.25, -0.2) is 0 Å². The van der Waals surface area contributed by atoms with Crippen LogP contribution in [0.1, 0.15) is 33.1 Å². The van der Waals surface area contributed by atoms with Crippen molar-refractivity contribution in [2.75, 3.05) is 6.54 Å². The highest BCUT2D eigenvalue weighted by Gasteiger charge is 2.45. The molecule has 0 aromatic rings. The number of rotatable bonds is 3. The summed E-state index contributed by atoms with van der Waals surface area (Å²) in [5, 5.41) is 2.83. The lowest BCUT2D eigenvalue weighted by Crippen LogP contribution is -2.63. The Morgan fingerprint density at radius 3 is 2.71 bits per heavy atom. The van der Waals surface area contributed by atoms with Crippen LogP contribution in [-0.2, 0) is 9.59 Å². The molecule has 4 heteroatoms. The van der Waals surface area contributed by atoms with Crippen LogP contribution in [0.4, 0.5) is 0 Å². The van der Waals surface area contributed by atoms with Gasteiger partial charge in [0.05, 0.1) is 0 Å². The summed E-state index contributed by atoms with van der Waals surface area (Å²) in [4.78, 5) is 25.7. The maximum absolute atomic E-state index is 12.2. The van der Waals surface area contributed by atoms with Crippen LogP contribution < -0.4 is 5.32 Å². The van der Waals surface area contributed by atoms with Crippen molar-refractivity contribution in [1.82, 2.24) is 10.2 Å². The van der Waals surface area contributed by atoms with Crippen LogP contribution in [0.15, 0.2) is 0 Å². The number of carbonyl (C=O) groups is 2. The van der Waals surface area contributed by atoms with Gasteiger partial charge in [-0.3, -0.25) is 9.59 Å². The summed E-state index contributed by atoms with van der Waals surface area (Å²) in [5.41, 5.74) is 0. The Labute approximate surface area is 102 Å². The molecule has 1 saturated heterocycles. The summed E-state index contributed by atoms with van der Waals surface area (Å²) in [5.74, 6) is 6.13. The van der Waals surface area contributed by atoms with Gasteiger partial charge in [0.1, 0.15) is 12.1 Å². The Balaban J connectivity index is 2.05. The monoisotopic (exact) mass is 234 g/mol. The van der Waals surface area contributed by atoms with E-state index in [1.54, 1.807) is 18.7 Å². The van der Waals surface area contributed by atoms with E-state index in [0.29, 0.717) is 18.9 Å². The minimum Gasteiger partial charge on any atom is -0.342 e. The smallest absolute Gasteiger partial charge is 0.246 e. The Morgan fingerprint density at radius 1 is 1.41 bits per heavy atom. The average molecular weight is 234 g/mol. The van der Waals surface area contributed by atoms with Gasteiger partial charge < -0.3 is 10.2 Å². The summed E-state index contributed by atoms with van der Waals surface area (Å²) in [6.45, 7) is 4.11. The van der Waals surface area contributed by atoms with Crippen LogP contribution in [0, 0.1) is 17.8 Å². The largest absolute Gasteiger partial charge is 0.342 e. The first kappa shape index (κ1) is 12.0. The van der Waals surface area contributed by atoms with E-state index in [1.165, 1.54) is 0 Å². The summed E-state index contributed by atoms with van der Waals surface area (Å²) in [7, 11) is 0. The van der Waals surface area contributed by atoms with Gasteiger partial charge in [0.2, 0.25) is 11.8 Å². The van der Waals surface area contributed by atoms with E-state index in [2.05, 4.69) is 17.2 Å². The number of hydrogen-bond acceptors (Lipinski definition) is 2. The third-order valence-electron chi connectivity index (χ3n) is 3.44. The number of nitrogens with zero attached hydrogens (tertiary/aromatic N) is 1. The fourth-order valence-electron chi connectivity index (χ4n) is 2.20. The topological polar surface area (TPSA) is 49.4 Å². The number of hydrogen-bond donors (Lipinski definition) is 1. The van der Waals surface area contributed by atoms with E-state index in [1.807, 2.05) is 0 Å². The highest BCUT2D eigenvalue weighted by molar-refractivity contribution is 5.97. The maximum atomic E-state index is 12.2. The molecule has 17 heavy (non-hydrogen) atoms. The quantitative estimate of drug-likeness (QED) is 0.724. The Morgan fingerprint density at radius 2 is 2.12 bits per heavy atom. The highest BCUT2D eigenvalue weighted by atomic mass is 16.2. The molecule has 1 aliphatic heterocycles. The summed E-state index contributed by atoms with van der Waals surface area (Å²) in [6.07, 6.45) is 2.73. The normalized spacial score (nSPS) is 28.5. The molecule has 0 aromatic heterocycles. The molecule has 92 valence electrons. The minimum absolute atomic E-state index is 0.0362. The Hall–Kier alpha value is -1.50. The molecule has 0 bridgehead atoms. The number of piperazine rings is 1. The van der Waals surface area contributed by atoms with Gasteiger partial charge in [-0.15, -0.1) is 11.8 Å². The number of carbonyl (C=O) groups excluding carboxylic acids is 2. The summed E-state index contributed by atoms with van der Waals surface area (Å²) < 4.78 is 0. The zero-order valence-electron chi connectivity index (χ0n) is 10.3. The molecule has 2 atom stereocenters. The van der Waals surface area contributed by atoms with E-state index in [0.717, 1.165) is 12.8 Å². The molecule has 1 N–H and O–H groups in total. The molecule has 2 rings (SSSR count). The van der Waals surface area contributed by atoms with Crippen LogP contribution in [0.3, 0.4) is 0 Å². The molecular formula is C13H18N2O2. The van der Waals surface area contributed by atoms with Crippen molar-refractivity contribution in [1.29, 1.82) is 0 Å². The Kier molecular flexibility index (Phi) is 3.37. The molecule has 0 radical (unpaired) electrons. The standard InChI is InChI=1S/C13H18N2O2/c1-3-4-5-8-15-9(2)12(16)14-11(13(15)17)10-6-7-10/h9-11H,5-8H2,1-2H3,(H,14,16). The van der Waals surface area contributed by atoms with Crippen molar-refractivity contribution in [2.45, 2.75) is 45.2 Å². The van der Waals surface area contributed by atoms with E-state index in [-0.39, 0.29) is 23.9 Å². The molecule has 1 saturated carbocycles. The zero-order chi connectivity index (χ0) is 12.4. The van der Waals surface area contributed by atoms with Crippen molar-refractivity contribution in [2.24, 2.45) is 5.92 Å². The van der Waals surface area contributed by atoms with Crippen molar-refractivity contribution < 1.29 is 9.59 Å². The number of amides is 2. The third kappa shape index (κ3) is 2.44. The van der Waals surface area contributed by atoms with Gasteiger partial charge in [0, 0.05) is 13.0 Å². The Bertz CT molecular complexity index is 390. The minimum atomic E-state index is -0.365. The van der Waals surface area contributed by atoms with Gasteiger partial charge in [0.25, 0.3) is 0 Å². The predicted octanol–water partition coefficient (Wildman–Crippen LogP) is 0.525. The van der Waals surface area contributed by atoms with Crippen LogP contribution in [0.2, 0.25) is 0 Å². The summed E-state index contributed by atoms with van der Waals surface area (Å²) in [6, 6.07) is -0.649. The van der Waals surface area contributed by atoms with Crippen LogP contribution in [-0.4, -0.2) is 35.3 Å². The first-order valence-electron chi connectivity index (χ1n) is 6.15. The molecule has 2 unspecified atom stereocenters. The molecule has 2 amide bonds. The molecule has 1 aliphatic carbocycles. The second kappa shape index (κ2) is 4.79. The van der Waals surface area contributed by atoms with Gasteiger partial charge in [0.15, 0.2) is 0 Å². The molecule has 2 fully saturated rings. The molecule has 2 aliphatic rings. The highest BCUT2D eigenvalue weighted by Crippen LogP contribution is 2.34. The lowest BCUT2D eigenvalue weighted by molar-refractivity contribution is -0.149. The lowest BCUT2D eigenvalue weighted by atomic mass is 10.0. The first-order valence-corrected chi connectivity index (χ1v) is 6.15. The molecule has 0 aromatic carbocycles. The van der Waals surface area contributed by atoms with Crippen molar-refractivity contribution in [3.8, 4) is 11.8 Å². The van der Waals surface area contributed by atoms with Gasteiger partial charge in [-0.2, -0.15) is 0 Å². The first-order chi connectivity index (χ1) is 8.15. The van der Waals surface area contributed by atoms with Crippen LogP contribution in [0.5, 0.6) is 0 Å². The molecule has 0 spiro atoms. The zero-order valence-corrected chi connectivity index (χ0v) is 10.3. The average Bonchev–Trinajstić information content (AvgIpc) is 3.12. The fraction of sp³-hybridized carbons (Fsp3) is 0.692. The molecular weight excluding hydrogens is 216 g/mol. The maximum Gasteiger partial charge on any atom is 0.246 e. The second-order valence-electron chi connectivity index (χ2n) is 4.71.